The van der Waals surface area contributed by atoms with Crippen LogP contribution in [0.5, 0.6) is 11.5 Å². The smallest absolute Gasteiger partial charge is 0.344 e. The molecule has 5 N–H and O–H groups in total. The summed E-state index contributed by atoms with van der Waals surface area (Å²) in [5.74, 6) is 0.977. The first-order chi connectivity index (χ1) is 16.8. The third kappa shape index (κ3) is 5.92. The van der Waals surface area contributed by atoms with E-state index in [1.165, 1.54) is 0 Å². The van der Waals surface area contributed by atoms with Crippen molar-refractivity contribution in [1.29, 1.82) is 0 Å². The lowest BCUT2D eigenvalue weighted by Crippen LogP contribution is -2.18. The van der Waals surface area contributed by atoms with Gasteiger partial charge in [0.1, 0.15) is 23.0 Å². The van der Waals surface area contributed by atoms with Crippen LogP contribution in [0.25, 0.3) is 22.5 Å². The third-order valence-electron chi connectivity index (χ3n) is 5.71. The minimum absolute atomic E-state index is 0.0273. The van der Waals surface area contributed by atoms with Crippen LogP contribution in [0.4, 0.5) is 11.5 Å². The quantitative estimate of drug-likeness (QED) is 0.414. The second kappa shape index (κ2) is 10.5. The molecule has 0 unspecified atom stereocenters. The molecule has 0 radical (unpaired) electrons. The molecule has 0 spiro atoms. The van der Waals surface area contributed by atoms with Crippen LogP contribution in [-0.2, 0) is 9.53 Å². The molecule has 0 bridgehead atoms. The summed E-state index contributed by atoms with van der Waals surface area (Å²) < 4.78 is 17.1. The Morgan fingerprint density at radius 2 is 1.86 bits per heavy atom. The van der Waals surface area contributed by atoms with Crippen molar-refractivity contribution >= 4 is 17.5 Å². The van der Waals surface area contributed by atoms with E-state index in [1.54, 1.807) is 19.9 Å². The summed E-state index contributed by atoms with van der Waals surface area (Å²) in [6, 6.07) is 13.1. The van der Waals surface area contributed by atoms with Crippen LogP contribution in [0.1, 0.15) is 39.5 Å². The molecule has 1 aliphatic carbocycles. The molecule has 1 aromatic heterocycles. The van der Waals surface area contributed by atoms with E-state index >= 15 is 0 Å². The Hall–Kier alpha value is -4.01. The van der Waals surface area contributed by atoms with Crippen LogP contribution in [0.15, 0.2) is 47.3 Å². The Morgan fingerprint density at radius 1 is 1.11 bits per heavy atom. The predicted octanol–water partition coefficient (Wildman–Crippen LogP) is 3.92. The molecule has 0 saturated heterocycles. The number of rotatable bonds is 8. The number of esters is 1. The summed E-state index contributed by atoms with van der Waals surface area (Å²) in [5.41, 5.74) is 13.3. The molecular weight excluding hydrogens is 448 g/mol. The fourth-order valence-corrected chi connectivity index (χ4v) is 4.01. The molecule has 0 amide bonds. The number of carbonyl (C=O) groups is 1. The van der Waals surface area contributed by atoms with Crippen LogP contribution in [0.2, 0.25) is 0 Å². The van der Waals surface area contributed by atoms with Gasteiger partial charge in [-0.1, -0.05) is 18.2 Å². The van der Waals surface area contributed by atoms with Crippen molar-refractivity contribution in [3.8, 4) is 34.0 Å². The fourth-order valence-electron chi connectivity index (χ4n) is 4.01. The van der Waals surface area contributed by atoms with Crippen LogP contribution < -0.4 is 26.5 Å². The zero-order chi connectivity index (χ0) is 24.9. The molecule has 184 valence electrons. The Balaban J connectivity index is 1.65. The van der Waals surface area contributed by atoms with E-state index < -0.39 is 11.5 Å². The molecule has 4 rings (SSSR count). The van der Waals surface area contributed by atoms with Crippen molar-refractivity contribution in [3.05, 3.63) is 52.8 Å². The average Bonchev–Trinajstić information content (AvgIpc) is 3.34. The number of hydrogen-bond donors (Lipinski definition) is 3. The molecule has 0 atom stereocenters. The number of nitrogens with zero attached hydrogens (tertiary/aromatic N) is 1. The van der Waals surface area contributed by atoms with Crippen molar-refractivity contribution in [2.75, 3.05) is 18.1 Å². The van der Waals surface area contributed by atoms with E-state index in [0.29, 0.717) is 22.9 Å². The number of ether oxygens (including phenoxy) is 3. The maximum absolute atomic E-state index is 12.2. The molecule has 2 aromatic carbocycles. The number of H-pyrrole nitrogens is 1. The molecule has 0 aliphatic heterocycles. The van der Waals surface area contributed by atoms with Crippen LogP contribution in [0, 0.1) is 0 Å². The van der Waals surface area contributed by atoms with E-state index in [0.717, 1.165) is 36.8 Å². The molecule has 3 aromatic rings. The first-order valence-corrected chi connectivity index (χ1v) is 11.7. The summed E-state index contributed by atoms with van der Waals surface area (Å²) in [6.45, 7) is 3.41. The lowest BCUT2D eigenvalue weighted by Gasteiger charge is -2.18. The third-order valence-corrected chi connectivity index (χ3v) is 5.71. The van der Waals surface area contributed by atoms with Gasteiger partial charge in [0.05, 0.1) is 17.8 Å². The van der Waals surface area contributed by atoms with Gasteiger partial charge in [0.15, 0.2) is 12.4 Å². The molecule has 1 heterocycles. The fraction of sp³-hybridized carbons (Fsp3) is 0.346. The highest BCUT2D eigenvalue weighted by atomic mass is 16.6. The normalized spacial score (nSPS) is 13.7. The maximum Gasteiger partial charge on any atom is 0.344 e. The lowest BCUT2D eigenvalue weighted by atomic mass is 10.0. The molecule has 1 fully saturated rings. The van der Waals surface area contributed by atoms with E-state index in [4.69, 9.17) is 25.7 Å². The number of aromatic amines is 1. The van der Waals surface area contributed by atoms with Gasteiger partial charge >= 0.3 is 5.97 Å². The van der Waals surface area contributed by atoms with Crippen molar-refractivity contribution < 1.29 is 19.0 Å². The van der Waals surface area contributed by atoms with E-state index in [2.05, 4.69) is 9.97 Å². The zero-order valence-corrected chi connectivity index (χ0v) is 19.9. The highest BCUT2D eigenvalue weighted by Crippen LogP contribution is 2.36. The van der Waals surface area contributed by atoms with Gasteiger partial charge in [-0.15, -0.1) is 0 Å². The van der Waals surface area contributed by atoms with Crippen LogP contribution in [0.3, 0.4) is 0 Å². The number of anilines is 2. The number of aromatic nitrogens is 2. The van der Waals surface area contributed by atoms with Crippen LogP contribution in [-0.4, -0.2) is 34.8 Å². The molecule has 1 saturated carbocycles. The molecule has 9 nitrogen and oxygen atoms in total. The first-order valence-electron chi connectivity index (χ1n) is 11.7. The SMILES string of the molecule is CC(C)OC(=O)COc1cccc(-c2ccc(-c3nc(N)c(N)c(=O)[nH]3)c(OC3CCCC3)c2)c1. The first kappa shape index (κ1) is 24.1. The summed E-state index contributed by atoms with van der Waals surface area (Å²) in [7, 11) is 0. The number of nitrogen functional groups attached to an aromatic ring is 2. The number of benzene rings is 2. The standard InChI is InChI=1S/C26H30N4O5/c1-15(2)34-22(31)14-33-19-9-5-6-16(12-19)17-10-11-20(21(13-17)35-18-7-3-4-8-18)25-29-24(28)23(27)26(32)30-25/h5-6,9-13,15,18H,3-4,7-8,14,27H2,1-2H3,(H3,28,29,30,32). The Morgan fingerprint density at radius 3 is 2.57 bits per heavy atom. The van der Waals surface area contributed by atoms with E-state index in [9.17, 15) is 9.59 Å². The maximum atomic E-state index is 12.2. The highest BCUT2D eigenvalue weighted by Gasteiger charge is 2.20. The van der Waals surface area contributed by atoms with Crippen molar-refractivity contribution in [2.24, 2.45) is 0 Å². The molecule has 35 heavy (non-hydrogen) atoms. The number of nitrogens with two attached hydrogens (primary N) is 2. The highest BCUT2D eigenvalue weighted by molar-refractivity contribution is 5.75. The van der Waals surface area contributed by atoms with Gasteiger partial charge in [0.2, 0.25) is 0 Å². The summed E-state index contributed by atoms with van der Waals surface area (Å²) >= 11 is 0. The predicted molar refractivity (Wildman–Crippen MR) is 134 cm³/mol. The van der Waals surface area contributed by atoms with Crippen molar-refractivity contribution in [1.82, 2.24) is 9.97 Å². The summed E-state index contributed by atoms with van der Waals surface area (Å²) in [6.07, 6.45) is 4.05. The number of nitrogens with one attached hydrogen (secondary N) is 1. The van der Waals surface area contributed by atoms with E-state index in [-0.39, 0.29) is 30.3 Å². The summed E-state index contributed by atoms with van der Waals surface area (Å²) in [5, 5.41) is 0. The van der Waals surface area contributed by atoms with Crippen molar-refractivity contribution in [2.45, 2.75) is 51.7 Å². The topological polar surface area (TPSA) is 143 Å². The Labute approximate surface area is 203 Å². The van der Waals surface area contributed by atoms with Gasteiger partial charge in [0.25, 0.3) is 5.56 Å². The molecule has 9 heteroatoms. The number of hydrogen-bond acceptors (Lipinski definition) is 8. The van der Waals surface area contributed by atoms with Crippen LogP contribution >= 0.6 is 0 Å². The monoisotopic (exact) mass is 478 g/mol. The van der Waals surface area contributed by atoms with Gasteiger partial charge in [-0.05, 0) is 74.9 Å². The van der Waals surface area contributed by atoms with E-state index in [1.807, 2.05) is 36.4 Å². The molecular formula is C26H30N4O5. The summed E-state index contributed by atoms with van der Waals surface area (Å²) in [4.78, 5) is 31.0. The lowest BCUT2D eigenvalue weighted by molar-refractivity contribution is -0.149. The second-order valence-electron chi connectivity index (χ2n) is 8.80. The minimum atomic E-state index is -0.496. The van der Waals surface area contributed by atoms with Gasteiger partial charge in [-0.3, -0.25) is 4.79 Å². The van der Waals surface area contributed by atoms with Crippen molar-refractivity contribution in [3.63, 3.8) is 0 Å². The zero-order valence-electron chi connectivity index (χ0n) is 19.9. The van der Waals surface area contributed by atoms with Gasteiger partial charge in [-0.2, -0.15) is 0 Å². The van der Waals surface area contributed by atoms with Gasteiger partial charge < -0.3 is 30.7 Å². The molecule has 1 aliphatic rings. The Kier molecular flexibility index (Phi) is 7.24. The minimum Gasteiger partial charge on any atom is -0.490 e. The largest absolute Gasteiger partial charge is 0.490 e. The number of carbonyl (C=O) groups excluding carboxylic acids is 1. The van der Waals surface area contributed by atoms with Gasteiger partial charge in [0, 0.05) is 0 Å². The Bertz CT molecular complexity index is 1260. The average molecular weight is 479 g/mol. The van der Waals surface area contributed by atoms with Gasteiger partial charge in [-0.25, -0.2) is 9.78 Å². The second-order valence-corrected chi connectivity index (χ2v) is 8.80.